The van der Waals surface area contributed by atoms with Crippen LogP contribution in [0, 0.1) is 5.82 Å². The van der Waals surface area contributed by atoms with Crippen LogP contribution < -0.4 is 16.2 Å². The van der Waals surface area contributed by atoms with Crippen molar-refractivity contribution in [1.82, 2.24) is 9.97 Å². The van der Waals surface area contributed by atoms with E-state index < -0.39 is 5.82 Å². The molecule has 8 heteroatoms. The fraction of sp³-hybridized carbons (Fsp3) is 0.636. The molecule has 0 unspecified atom stereocenters. The number of nitrogen functional groups attached to an aromatic ring is 1. The van der Waals surface area contributed by atoms with Crippen LogP contribution in [0.25, 0.3) is 0 Å². The number of hydrazine groups is 1. The number of anilines is 2. The lowest BCUT2D eigenvalue weighted by Gasteiger charge is -2.32. The second-order valence-electron chi connectivity index (χ2n) is 4.29. The van der Waals surface area contributed by atoms with Crippen LogP contribution in [0.1, 0.15) is 12.8 Å². The van der Waals surface area contributed by atoms with Gasteiger partial charge in [-0.2, -0.15) is 4.98 Å². The first-order valence-corrected chi connectivity index (χ1v) is 6.21. The van der Waals surface area contributed by atoms with Crippen molar-refractivity contribution in [2.24, 2.45) is 5.84 Å². The van der Waals surface area contributed by atoms with Gasteiger partial charge < -0.3 is 14.7 Å². The molecule has 0 spiro atoms. The van der Waals surface area contributed by atoms with Crippen molar-refractivity contribution in [1.29, 1.82) is 0 Å². The highest BCUT2D eigenvalue weighted by Gasteiger charge is 2.23. The Labute approximate surface area is 110 Å². The van der Waals surface area contributed by atoms with E-state index in [1.165, 1.54) is 0 Å². The average Bonchev–Trinajstić information content (AvgIpc) is 2.46. The summed E-state index contributed by atoms with van der Waals surface area (Å²) in [6.45, 7) is 1.65. The van der Waals surface area contributed by atoms with Gasteiger partial charge in [-0.15, -0.1) is 0 Å². The molecule has 0 aliphatic carbocycles. The van der Waals surface area contributed by atoms with Crippen molar-refractivity contribution in [3.8, 4) is 0 Å². The maximum absolute atomic E-state index is 13.7. The molecule has 1 aliphatic heterocycles. The summed E-state index contributed by atoms with van der Waals surface area (Å²) in [6, 6.07) is 0. The van der Waals surface area contributed by atoms with Crippen LogP contribution in [-0.2, 0) is 4.74 Å². The average molecular weight is 271 g/mol. The zero-order valence-corrected chi connectivity index (χ0v) is 10.5. The van der Waals surface area contributed by atoms with E-state index in [1.54, 1.807) is 0 Å². The summed E-state index contributed by atoms with van der Waals surface area (Å²) in [6.07, 6.45) is 2.76. The van der Waals surface area contributed by atoms with Crippen molar-refractivity contribution in [3.63, 3.8) is 0 Å². The van der Waals surface area contributed by atoms with E-state index in [0.717, 1.165) is 19.0 Å². The number of halogens is 1. The van der Waals surface area contributed by atoms with Crippen molar-refractivity contribution in [2.75, 3.05) is 36.6 Å². The van der Waals surface area contributed by atoms with Crippen LogP contribution in [0.2, 0.25) is 0 Å². The predicted molar refractivity (Wildman–Crippen MR) is 68.1 cm³/mol. The van der Waals surface area contributed by atoms with E-state index in [4.69, 9.17) is 15.7 Å². The minimum absolute atomic E-state index is 0.0201. The number of nitrogens with one attached hydrogen (secondary N) is 1. The van der Waals surface area contributed by atoms with Gasteiger partial charge in [-0.25, -0.2) is 15.2 Å². The number of hydrogen-bond acceptors (Lipinski definition) is 7. The number of ether oxygens (including phenoxy) is 1. The topological polar surface area (TPSA) is 96.5 Å². The number of hydrogen-bond donors (Lipinski definition) is 3. The third kappa shape index (κ3) is 3.49. The Bertz CT molecular complexity index is 412. The fourth-order valence-electron chi connectivity index (χ4n) is 2.10. The zero-order valence-electron chi connectivity index (χ0n) is 10.5. The fourth-order valence-corrected chi connectivity index (χ4v) is 2.10. The molecule has 0 atom stereocenters. The first-order chi connectivity index (χ1) is 9.24. The lowest BCUT2D eigenvalue weighted by atomic mass is 10.1. The van der Waals surface area contributed by atoms with E-state index in [2.05, 4.69) is 15.4 Å². The second kappa shape index (κ2) is 6.60. The maximum atomic E-state index is 13.7. The van der Waals surface area contributed by atoms with Gasteiger partial charge >= 0.3 is 0 Å². The normalized spacial score (nSPS) is 16.7. The van der Waals surface area contributed by atoms with E-state index in [0.29, 0.717) is 19.7 Å². The van der Waals surface area contributed by atoms with Crippen LogP contribution in [0.4, 0.5) is 16.2 Å². The van der Waals surface area contributed by atoms with E-state index in [9.17, 15) is 4.39 Å². The summed E-state index contributed by atoms with van der Waals surface area (Å²) in [5, 5.41) is 8.70. The van der Waals surface area contributed by atoms with Gasteiger partial charge in [0, 0.05) is 13.1 Å². The van der Waals surface area contributed by atoms with Gasteiger partial charge in [-0.1, -0.05) is 0 Å². The summed E-state index contributed by atoms with van der Waals surface area (Å²) in [4.78, 5) is 9.57. The van der Waals surface area contributed by atoms with Crippen LogP contribution >= 0.6 is 0 Å². The molecule has 1 aromatic rings. The molecule has 19 heavy (non-hydrogen) atoms. The van der Waals surface area contributed by atoms with Crippen LogP contribution in [0.5, 0.6) is 0 Å². The lowest BCUT2D eigenvalue weighted by molar-refractivity contribution is 0.0158. The summed E-state index contributed by atoms with van der Waals surface area (Å²) in [5.74, 6) is 5.19. The van der Waals surface area contributed by atoms with Gasteiger partial charge in [0.2, 0.25) is 5.95 Å². The molecule has 2 heterocycles. The first-order valence-electron chi connectivity index (χ1n) is 6.21. The van der Waals surface area contributed by atoms with Gasteiger partial charge in [-0.05, 0) is 12.8 Å². The molecule has 0 amide bonds. The Balaban J connectivity index is 1.97. The molecular weight excluding hydrogens is 253 g/mol. The highest BCUT2D eigenvalue weighted by molar-refractivity contribution is 5.43. The minimum atomic E-state index is -0.464. The van der Waals surface area contributed by atoms with Gasteiger partial charge in [0.05, 0.1) is 25.5 Å². The van der Waals surface area contributed by atoms with Crippen molar-refractivity contribution < 1.29 is 14.2 Å². The Morgan fingerprint density at radius 1 is 1.53 bits per heavy atom. The monoisotopic (exact) mass is 271 g/mol. The molecule has 0 radical (unpaired) electrons. The Morgan fingerprint density at radius 2 is 2.26 bits per heavy atom. The molecule has 0 bridgehead atoms. The summed E-state index contributed by atoms with van der Waals surface area (Å²) < 4.78 is 19.1. The third-order valence-electron chi connectivity index (χ3n) is 3.04. The number of rotatable bonds is 5. The number of nitrogens with two attached hydrogens (primary N) is 1. The third-order valence-corrected chi connectivity index (χ3v) is 3.04. The second-order valence-corrected chi connectivity index (χ2v) is 4.29. The number of aromatic nitrogens is 2. The zero-order chi connectivity index (χ0) is 13.7. The molecule has 1 fully saturated rings. The van der Waals surface area contributed by atoms with E-state index in [1.807, 2.05) is 4.90 Å². The highest BCUT2D eigenvalue weighted by Crippen LogP contribution is 2.22. The molecular formula is C11H18FN5O2. The number of piperidine rings is 1. The Kier molecular flexibility index (Phi) is 4.83. The molecule has 1 saturated heterocycles. The predicted octanol–water partition coefficient (Wildman–Crippen LogP) is -0.121. The number of nitrogens with zero attached hydrogens (tertiary/aromatic N) is 3. The molecule has 2 rings (SSSR count). The Hall–Kier alpha value is -1.51. The van der Waals surface area contributed by atoms with Gasteiger partial charge in [-0.3, -0.25) is 5.43 Å². The summed E-state index contributed by atoms with van der Waals surface area (Å²) in [5.41, 5.74) is 2.30. The molecule has 4 N–H and O–H groups in total. The van der Waals surface area contributed by atoms with Crippen LogP contribution in [0.3, 0.4) is 0 Å². The standard InChI is InChI=1S/C11H18FN5O2/c12-9-7-14-11(16-13)15-10(9)17-3-1-8(2-4-17)19-6-5-18/h7-8,18H,1-6,13H2,(H,14,15,16). The van der Waals surface area contributed by atoms with Crippen molar-refractivity contribution in [3.05, 3.63) is 12.0 Å². The molecule has 106 valence electrons. The maximum Gasteiger partial charge on any atom is 0.239 e. The van der Waals surface area contributed by atoms with Gasteiger partial charge in [0.15, 0.2) is 11.6 Å². The van der Waals surface area contributed by atoms with Crippen LogP contribution in [0.15, 0.2) is 6.20 Å². The molecule has 1 aliphatic rings. The first kappa shape index (κ1) is 13.9. The summed E-state index contributed by atoms with van der Waals surface area (Å²) >= 11 is 0. The minimum Gasteiger partial charge on any atom is -0.394 e. The molecule has 0 aromatic carbocycles. The van der Waals surface area contributed by atoms with Crippen molar-refractivity contribution >= 4 is 11.8 Å². The van der Waals surface area contributed by atoms with Gasteiger partial charge in [0.25, 0.3) is 0 Å². The van der Waals surface area contributed by atoms with E-state index in [-0.39, 0.29) is 24.5 Å². The molecule has 0 saturated carbocycles. The molecule has 7 nitrogen and oxygen atoms in total. The SMILES string of the molecule is NNc1ncc(F)c(N2CCC(OCCO)CC2)n1. The van der Waals surface area contributed by atoms with Gasteiger partial charge in [0.1, 0.15) is 0 Å². The summed E-state index contributed by atoms with van der Waals surface area (Å²) in [7, 11) is 0. The van der Waals surface area contributed by atoms with E-state index >= 15 is 0 Å². The molecule has 1 aromatic heterocycles. The van der Waals surface area contributed by atoms with Crippen LogP contribution in [-0.4, -0.2) is 47.5 Å². The largest absolute Gasteiger partial charge is 0.394 e. The quantitative estimate of drug-likeness (QED) is 0.507. The Morgan fingerprint density at radius 3 is 2.89 bits per heavy atom. The lowest BCUT2D eigenvalue weighted by Crippen LogP contribution is -2.38. The number of aliphatic hydroxyl groups excluding tert-OH is 1. The number of aliphatic hydroxyl groups is 1. The van der Waals surface area contributed by atoms with Crippen molar-refractivity contribution in [2.45, 2.75) is 18.9 Å². The smallest absolute Gasteiger partial charge is 0.239 e. The highest BCUT2D eigenvalue weighted by atomic mass is 19.1.